The van der Waals surface area contributed by atoms with Crippen LogP contribution in [0.25, 0.3) is 0 Å². The van der Waals surface area contributed by atoms with Crippen LogP contribution in [0.1, 0.15) is 35.3 Å². The Morgan fingerprint density at radius 1 is 1.39 bits per heavy atom. The lowest BCUT2D eigenvalue weighted by Gasteiger charge is -2.24. The van der Waals surface area contributed by atoms with Gasteiger partial charge < -0.3 is 10.2 Å². The zero-order chi connectivity index (χ0) is 12.7. The molecule has 3 rings (SSSR count). The van der Waals surface area contributed by atoms with Crippen molar-refractivity contribution in [1.82, 2.24) is 20.0 Å². The van der Waals surface area contributed by atoms with E-state index >= 15 is 0 Å². The molecule has 0 unspecified atom stereocenters. The van der Waals surface area contributed by atoms with Crippen LogP contribution in [0.4, 0.5) is 0 Å². The van der Waals surface area contributed by atoms with Crippen molar-refractivity contribution in [2.75, 3.05) is 13.1 Å². The van der Waals surface area contributed by atoms with Crippen molar-refractivity contribution >= 4 is 5.91 Å². The van der Waals surface area contributed by atoms with Gasteiger partial charge >= 0.3 is 0 Å². The van der Waals surface area contributed by atoms with Gasteiger partial charge in [0.15, 0.2) is 0 Å². The molecule has 0 aliphatic carbocycles. The summed E-state index contributed by atoms with van der Waals surface area (Å²) in [7, 11) is 1.87. The number of aryl methyl sites for hydroxylation is 1. The van der Waals surface area contributed by atoms with Crippen LogP contribution in [0.15, 0.2) is 6.20 Å². The molecule has 2 aliphatic heterocycles. The standard InChI is InChI=1S/C13H20N4O/c1-9-12(7-14-16(9)2)13(18)17-6-5-10-3-4-11(8-17)15-10/h7,10-11,15H,3-6,8H2,1-2H3/t10-,11+/m1/s1. The number of hydrogen-bond acceptors (Lipinski definition) is 3. The van der Waals surface area contributed by atoms with Crippen LogP contribution < -0.4 is 5.32 Å². The molecule has 1 N–H and O–H groups in total. The minimum Gasteiger partial charge on any atom is -0.337 e. The van der Waals surface area contributed by atoms with E-state index in [4.69, 9.17) is 0 Å². The number of carbonyl (C=O) groups excluding carboxylic acids is 1. The monoisotopic (exact) mass is 248 g/mol. The molecule has 0 radical (unpaired) electrons. The van der Waals surface area contributed by atoms with Gasteiger partial charge in [-0.05, 0) is 26.2 Å². The lowest BCUT2D eigenvalue weighted by molar-refractivity contribution is 0.0747. The molecular weight excluding hydrogens is 228 g/mol. The highest BCUT2D eigenvalue weighted by Gasteiger charge is 2.32. The topological polar surface area (TPSA) is 50.2 Å². The normalized spacial score (nSPS) is 27.3. The van der Waals surface area contributed by atoms with Crippen molar-refractivity contribution in [3.05, 3.63) is 17.5 Å². The number of nitrogens with zero attached hydrogens (tertiary/aromatic N) is 3. The number of fused-ring (bicyclic) bond motifs is 2. The van der Waals surface area contributed by atoms with Crippen molar-refractivity contribution in [1.29, 1.82) is 0 Å². The maximum absolute atomic E-state index is 12.5. The Bertz CT molecular complexity index is 468. The number of likely N-dealkylation sites (tertiary alicyclic amines) is 1. The Morgan fingerprint density at radius 2 is 2.17 bits per heavy atom. The minimum atomic E-state index is 0.134. The maximum atomic E-state index is 12.5. The fourth-order valence-electron chi connectivity index (χ4n) is 3.01. The average molecular weight is 248 g/mol. The number of nitrogens with one attached hydrogen (secondary N) is 1. The highest BCUT2D eigenvalue weighted by molar-refractivity contribution is 5.95. The summed E-state index contributed by atoms with van der Waals surface area (Å²) in [6.07, 6.45) is 5.22. The molecule has 3 heterocycles. The smallest absolute Gasteiger partial charge is 0.257 e. The summed E-state index contributed by atoms with van der Waals surface area (Å²) >= 11 is 0. The van der Waals surface area contributed by atoms with Crippen molar-refractivity contribution in [3.63, 3.8) is 0 Å². The van der Waals surface area contributed by atoms with Crippen LogP contribution in [0.3, 0.4) is 0 Å². The molecule has 2 fully saturated rings. The van der Waals surface area contributed by atoms with Gasteiger partial charge in [0.1, 0.15) is 0 Å². The first-order chi connectivity index (χ1) is 8.65. The average Bonchev–Trinajstić information content (AvgIpc) is 2.83. The van der Waals surface area contributed by atoms with E-state index in [1.54, 1.807) is 10.9 Å². The molecule has 18 heavy (non-hydrogen) atoms. The third-order valence-corrected chi connectivity index (χ3v) is 4.28. The van der Waals surface area contributed by atoms with Crippen molar-refractivity contribution in [2.45, 2.75) is 38.3 Å². The lowest BCUT2D eigenvalue weighted by atomic mass is 10.1. The Hall–Kier alpha value is -1.36. The summed E-state index contributed by atoms with van der Waals surface area (Å²) < 4.78 is 1.76. The number of hydrogen-bond donors (Lipinski definition) is 1. The Kier molecular flexibility index (Phi) is 2.86. The van der Waals surface area contributed by atoms with Crippen LogP contribution in [0, 0.1) is 6.92 Å². The molecule has 5 nitrogen and oxygen atoms in total. The van der Waals surface area contributed by atoms with Gasteiger partial charge in [-0.15, -0.1) is 0 Å². The van der Waals surface area contributed by atoms with Crippen LogP contribution in [0.5, 0.6) is 0 Å². The van der Waals surface area contributed by atoms with Gasteiger partial charge in [-0.1, -0.05) is 0 Å². The third kappa shape index (κ3) is 1.92. The Morgan fingerprint density at radius 3 is 2.89 bits per heavy atom. The molecule has 1 aromatic rings. The number of carbonyl (C=O) groups is 1. The summed E-state index contributed by atoms with van der Waals surface area (Å²) in [6.45, 7) is 3.65. The molecule has 98 valence electrons. The van der Waals surface area contributed by atoms with Gasteiger partial charge in [0.05, 0.1) is 11.8 Å². The predicted octanol–water partition coefficient (Wildman–Crippen LogP) is 0.695. The van der Waals surface area contributed by atoms with Crippen molar-refractivity contribution in [2.24, 2.45) is 7.05 Å². The van der Waals surface area contributed by atoms with Crippen molar-refractivity contribution in [3.8, 4) is 0 Å². The quantitative estimate of drug-likeness (QED) is 0.795. The predicted molar refractivity (Wildman–Crippen MR) is 68.4 cm³/mol. The lowest BCUT2D eigenvalue weighted by Crippen LogP contribution is -2.39. The molecule has 0 aromatic carbocycles. The van der Waals surface area contributed by atoms with Crippen LogP contribution in [0.2, 0.25) is 0 Å². The van der Waals surface area contributed by atoms with E-state index in [0.29, 0.717) is 12.1 Å². The molecule has 2 bridgehead atoms. The Labute approximate surface area is 107 Å². The second-order valence-electron chi connectivity index (χ2n) is 5.44. The van der Waals surface area contributed by atoms with E-state index in [1.807, 2.05) is 18.9 Å². The van der Waals surface area contributed by atoms with Gasteiger partial charge in [0.2, 0.25) is 0 Å². The molecule has 5 heteroatoms. The van der Waals surface area contributed by atoms with Crippen molar-refractivity contribution < 1.29 is 4.79 Å². The molecule has 1 aromatic heterocycles. The summed E-state index contributed by atoms with van der Waals surface area (Å²) in [4.78, 5) is 14.5. The molecule has 0 saturated carbocycles. The number of amides is 1. The summed E-state index contributed by atoms with van der Waals surface area (Å²) in [5.41, 5.74) is 1.69. The molecule has 2 aliphatic rings. The van der Waals surface area contributed by atoms with Gasteiger partial charge in [0.25, 0.3) is 5.91 Å². The van der Waals surface area contributed by atoms with E-state index in [0.717, 1.165) is 30.8 Å². The first-order valence-corrected chi connectivity index (χ1v) is 6.69. The largest absolute Gasteiger partial charge is 0.337 e. The van der Waals surface area contributed by atoms with E-state index in [2.05, 4.69) is 10.4 Å². The molecular formula is C13H20N4O. The van der Waals surface area contributed by atoms with E-state index < -0.39 is 0 Å². The minimum absolute atomic E-state index is 0.134. The Balaban J connectivity index is 1.78. The molecule has 2 saturated heterocycles. The van der Waals surface area contributed by atoms with Gasteiger partial charge in [-0.3, -0.25) is 9.48 Å². The fourth-order valence-corrected chi connectivity index (χ4v) is 3.01. The zero-order valence-corrected chi connectivity index (χ0v) is 11.0. The molecule has 0 spiro atoms. The van der Waals surface area contributed by atoms with Crippen LogP contribution in [-0.4, -0.2) is 45.8 Å². The maximum Gasteiger partial charge on any atom is 0.257 e. The highest BCUT2D eigenvalue weighted by Crippen LogP contribution is 2.22. The number of rotatable bonds is 1. The third-order valence-electron chi connectivity index (χ3n) is 4.28. The van der Waals surface area contributed by atoms with Crippen LogP contribution >= 0.6 is 0 Å². The fraction of sp³-hybridized carbons (Fsp3) is 0.692. The van der Waals surface area contributed by atoms with Gasteiger partial charge in [0, 0.05) is 37.9 Å². The first kappa shape index (κ1) is 11.7. The molecule has 1 amide bonds. The van der Waals surface area contributed by atoms with E-state index in [1.165, 1.54) is 12.8 Å². The van der Waals surface area contributed by atoms with Crippen LogP contribution in [-0.2, 0) is 7.05 Å². The number of aromatic nitrogens is 2. The zero-order valence-electron chi connectivity index (χ0n) is 11.0. The summed E-state index contributed by atoms with van der Waals surface area (Å²) in [6, 6.07) is 1.10. The highest BCUT2D eigenvalue weighted by atomic mass is 16.2. The SMILES string of the molecule is Cc1c(C(=O)N2CC[C@H]3CC[C@@H](C2)N3)cnn1C. The summed E-state index contributed by atoms with van der Waals surface area (Å²) in [5.74, 6) is 0.134. The first-order valence-electron chi connectivity index (χ1n) is 6.69. The van der Waals surface area contributed by atoms with Gasteiger partial charge in [-0.25, -0.2) is 0 Å². The second kappa shape index (κ2) is 4.39. The van der Waals surface area contributed by atoms with Gasteiger partial charge in [-0.2, -0.15) is 5.10 Å². The van der Waals surface area contributed by atoms with E-state index in [-0.39, 0.29) is 5.91 Å². The second-order valence-corrected chi connectivity index (χ2v) is 5.44. The van der Waals surface area contributed by atoms with E-state index in [9.17, 15) is 4.79 Å². The molecule has 2 atom stereocenters. The summed E-state index contributed by atoms with van der Waals surface area (Å²) in [5, 5.41) is 7.75.